The number of anilines is 3. The van der Waals surface area contributed by atoms with E-state index < -0.39 is 11.9 Å². The second-order valence-electron chi connectivity index (χ2n) is 13.4. The summed E-state index contributed by atoms with van der Waals surface area (Å²) in [5.41, 5.74) is 3.18. The van der Waals surface area contributed by atoms with Crippen LogP contribution in [0.4, 0.5) is 17.1 Å². The molecule has 0 radical (unpaired) electrons. The number of fused-ring (bicyclic) bond motifs is 4. The van der Waals surface area contributed by atoms with Gasteiger partial charge in [0.25, 0.3) is 5.91 Å². The van der Waals surface area contributed by atoms with Crippen LogP contribution in [-0.4, -0.2) is 96.4 Å². The molecule has 248 valence electrons. The van der Waals surface area contributed by atoms with E-state index in [2.05, 4.69) is 37.6 Å². The maximum Gasteiger partial charge on any atom is 0.328 e. The van der Waals surface area contributed by atoms with Crippen LogP contribution in [0, 0.1) is 30.1 Å². The molecule has 2 aliphatic heterocycles. The first-order valence-corrected chi connectivity index (χ1v) is 16.7. The van der Waals surface area contributed by atoms with Gasteiger partial charge in [-0.1, -0.05) is 32.9 Å². The van der Waals surface area contributed by atoms with Crippen LogP contribution in [0.5, 0.6) is 0 Å². The molecule has 4 atom stereocenters. The van der Waals surface area contributed by atoms with Gasteiger partial charge in [0.15, 0.2) is 0 Å². The minimum atomic E-state index is -1.26. The fraction of sp³-hybridized carbons (Fsp3) is 0.529. The van der Waals surface area contributed by atoms with E-state index in [1.54, 1.807) is 9.80 Å². The molecule has 1 saturated heterocycles. The predicted octanol–water partition coefficient (Wildman–Crippen LogP) is 4.69. The Labute approximate surface area is 274 Å². The van der Waals surface area contributed by atoms with Gasteiger partial charge in [-0.15, -0.1) is 11.3 Å². The number of ether oxygens (including phenoxy) is 1. The second kappa shape index (κ2) is 13.6. The quantitative estimate of drug-likeness (QED) is 0.409. The molecule has 0 spiro atoms. The Kier molecular flexibility index (Phi) is 10.0. The predicted molar refractivity (Wildman–Crippen MR) is 177 cm³/mol. The smallest absolute Gasteiger partial charge is 0.328 e. The number of para-hydroxylation sites is 2. The molecule has 3 aliphatic carbocycles. The third kappa shape index (κ3) is 6.76. The van der Waals surface area contributed by atoms with Crippen molar-refractivity contribution in [1.29, 1.82) is 0 Å². The molecule has 1 aromatic heterocycles. The first-order chi connectivity index (χ1) is 21.8. The number of hydrogen-bond acceptors (Lipinski definition) is 8. The van der Waals surface area contributed by atoms with E-state index in [9.17, 15) is 19.2 Å². The number of benzene rings is 1. The fourth-order valence-corrected chi connectivity index (χ4v) is 8.25. The number of amides is 2. The minimum Gasteiger partial charge on any atom is -0.478 e. The Morgan fingerprint density at radius 1 is 1.02 bits per heavy atom. The van der Waals surface area contributed by atoms with Gasteiger partial charge >= 0.3 is 11.9 Å². The van der Waals surface area contributed by atoms with Crippen LogP contribution in [0.15, 0.2) is 41.8 Å². The number of thiophene rings is 1. The highest BCUT2D eigenvalue weighted by atomic mass is 32.1. The van der Waals surface area contributed by atoms with Crippen molar-refractivity contribution in [3.05, 3.63) is 52.2 Å². The van der Waals surface area contributed by atoms with Crippen molar-refractivity contribution in [1.82, 2.24) is 9.80 Å². The van der Waals surface area contributed by atoms with Gasteiger partial charge in [0, 0.05) is 48.6 Å². The summed E-state index contributed by atoms with van der Waals surface area (Å²) in [5, 5.41) is 17.5. The number of aryl methyl sites for hydroxylation is 1. The van der Waals surface area contributed by atoms with Crippen LogP contribution < -0.4 is 9.80 Å². The SMILES string of the molecule is Cc1scc2c1N(C(=O)CN1CCN(C)CC1)c1ccccc1N(COC1CC3CC(C1C)C3(C)C)C2=O.O=C(O)/C=C\C(=O)O. The molecule has 7 rings (SSSR count). The van der Waals surface area contributed by atoms with Gasteiger partial charge in [-0.3, -0.25) is 24.3 Å². The van der Waals surface area contributed by atoms with Crippen molar-refractivity contribution < 1.29 is 34.1 Å². The normalized spacial score (nSPS) is 25.5. The van der Waals surface area contributed by atoms with Gasteiger partial charge in [-0.25, -0.2) is 9.59 Å². The van der Waals surface area contributed by atoms with Gasteiger partial charge in [0.05, 0.1) is 35.3 Å². The van der Waals surface area contributed by atoms with Crippen molar-refractivity contribution >= 4 is 52.2 Å². The first-order valence-electron chi connectivity index (χ1n) is 15.8. The Hall–Kier alpha value is -3.58. The molecule has 2 bridgehead atoms. The van der Waals surface area contributed by atoms with Crippen molar-refractivity contribution in [2.75, 3.05) is 56.3 Å². The standard InChI is InChI=1S/C30H40N4O3S.C4H4O4/c1-19-23-14-21(30(23,3)4)15-26(19)37-18-33-24-8-6-7-9-25(24)34(28-20(2)38-17-22(28)29(33)36)27(35)16-32-12-10-31(5)11-13-32;5-3(6)1-2-4(7)8/h6-9,17,19,21,23,26H,10-16,18H2,1-5H3;1-2H,(H,5,6)(H,7,8)/b;2-1-. The molecule has 46 heavy (non-hydrogen) atoms. The Balaban J connectivity index is 0.000000463. The van der Waals surface area contributed by atoms with Crippen LogP contribution in [0.25, 0.3) is 0 Å². The lowest BCUT2D eigenvalue weighted by Gasteiger charge is -2.61. The van der Waals surface area contributed by atoms with E-state index in [4.69, 9.17) is 14.9 Å². The Morgan fingerprint density at radius 3 is 2.24 bits per heavy atom. The lowest BCUT2D eigenvalue weighted by atomic mass is 9.45. The number of nitrogens with zero attached hydrogens (tertiary/aromatic N) is 4. The van der Waals surface area contributed by atoms with E-state index in [0.29, 0.717) is 47.4 Å². The maximum absolute atomic E-state index is 14.0. The number of aliphatic carboxylic acids is 2. The van der Waals surface area contributed by atoms with Crippen LogP contribution >= 0.6 is 11.3 Å². The summed E-state index contributed by atoms with van der Waals surface area (Å²) in [7, 11) is 2.12. The number of rotatable bonds is 7. The average Bonchev–Trinajstić information content (AvgIpc) is 3.34. The van der Waals surface area contributed by atoms with Crippen molar-refractivity contribution in [2.24, 2.45) is 23.2 Å². The van der Waals surface area contributed by atoms with E-state index in [-0.39, 0.29) is 24.6 Å². The highest BCUT2D eigenvalue weighted by Crippen LogP contribution is 2.61. The maximum atomic E-state index is 14.0. The van der Waals surface area contributed by atoms with Gasteiger partial charge < -0.3 is 19.8 Å². The van der Waals surface area contributed by atoms with E-state index >= 15 is 0 Å². The molecule has 2 N–H and O–H groups in total. The summed E-state index contributed by atoms with van der Waals surface area (Å²) in [6.45, 7) is 13.3. The first kappa shape index (κ1) is 33.8. The molecule has 5 aliphatic rings. The zero-order chi connectivity index (χ0) is 33.3. The van der Waals surface area contributed by atoms with Crippen LogP contribution in [0.2, 0.25) is 0 Å². The monoisotopic (exact) mass is 652 g/mol. The summed E-state index contributed by atoms with van der Waals surface area (Å²) in [5.74, 6) is -0.779. The summed E-state index contributed by atoms with van der Waals surface area (Å²) in [6, 6.07) is 7.80. The second-order valence-corrected chi connectivity index (χ2v) is 14.5. The zero-order valence-electron chi connectivity index (χ0n) is 27.1. The number of hydrogen-bond donors (Lipinski definition) is 2. The topological polar surface area (TPSA) is 131 Å². The Bertz CT molecular complexity index is 1500. The van der Waals surface area contributed by atoms with Gasteiger partial charge in [-0.05, 0) is 62.1 Å². The molecule has 4 unspecified atom stereocenters. The fourth-order valence-electron chi connectivity index (χ4n) is 7.43. The highest BCUT2D eigenvalue weighted by Gasteiger charge is 2.56. The molecule has 12 heteroatoms. The molecule has 2 amide bonds. The Morgan fingerprint density at radius 2 is 1.65 bits per heavy atom. The molecular weight excluding hydrogens is 608 g/mol. The summed E-state index contributed by atoms with van der Waals surface area (Å²) >= 11 is 1.53. The highest BCUT2D eigenvalue weighted by molar-refractivity contribution is 7.11. The van der Waals surface area contributed by atoms with Gasteiger partial charge in [0.2, 0.25) is 5.91 Å². The lowest BCUT2D eigenvalue weighted by Crippen LogP contribution is -2.57. The average molecular weight is 653 g/mol. The number of carbonyl (C=O) groups is 4. The third-order valence-corrected chi connectivity index (χ3v) is 11.2. The molecule has 4 fully saturated rings. The minimum absolute atomic E-state index is 0.00328. The van der Waals surface area contributed by atoms with E-state index in [1.165, 1.54) is 17.8 Å². The largest absolute Gasteiger partial charge is 0.478 e. The van der Waals surface area contributed by atoms with Gasteiger partial charge in [-0.2, -0.15) is 0 Å². The number of likely N-dealkylation sites (N-methyl/N-ethyl adjacent to an activating group) is 1. The van der Waals surface area contributed by atoms with Crippen LogP contribution in [-0.2, 0) is 19.1 Å². The van der Waals surface area contributed by atoms with Crippen molar-refractivity contribution in [2.45, 2.75) is 46.6 Å². The zero-order valence-corrected chi connectivity index (χ0v) is 28.0. The summed E-state index contributed by atoms with van der Waals surface area (Å²) in [6.07, 6.45) is 3.60. The van der Waals surface area contributed by atoms with Crippen LogP contribution in [0.1, 0.15) is 48.8 Å². The number of piperazine rings is 1. The number of carboxylic acid groups (broad SMARTS) is 2. The van der Waals surface area contributed by atoms with Gasteiger partial charge in [0.1, 0.15) is 6.73 Å². The molecular formula is C34H44N4O7S. The molecule has 3 heterocycles. The van der Waals surface area contributed by atoms with Crippen LogP contribution in [0.3, 0.4) is 0 Å². The van der Waals surface area contributed by atoms with Crippen molar-refractivity contribution in [3.8, 4) is 0 Å². The molecule has 1 aromatic carbocycles. The molecule has 2 aromatic rings. The van der Waals surface area contributed by atoms with Crippen molar-refractivity contribution in [3.63, 3.8) is 0 Å². The molecule has 11 nitrogen and oxygen atoms in total. The molecule has 3 saturated carbocycles. The number of carboxylic acids is 2. The lowest BCUT2D eigenvalue weighted by molar-refractivity contribution is -0.171. The number of carbonyl (C=O) groups excluding carboxylic acids is 2. The third-order valence-electron chi connectivity index (χ3n) is 10.3. The summed E-state index contributed by atoms with van der Waals surface area (Å²) < 4.78 is 6.55. The summed E-state index contributed by atoms with van der Waals surface area (Å²) in [4.78, 5) is 56.1. The van der Waals surface area contributed by atoms with E-state index in [1.807, 2.05) is 36.6 Å². The van der Waals surface area contributed by atoms with E-state index in [0.717, 1.165) is 54.5 Å².